The van der Waals surface area contributed by atoms with Crippen molar-refractivity contribution in [3.63, 3.8) is 0 Å². The fraction of sp³-hybridized carbons (Fsp3) is 1.00. The van der Waals surface area contributed by atoms with Crippen LogP contribution >= 0.6 is 0 Å². The molecule has 1 unspecified atom stereocenters. The Bertz CT molecular complexity index is 161. The van der Waals surface area contributed by atoms with E-state index in [9.17, 15) is 0 Å². The van der Waals surface area contributed by atoms with E-state index in [1.165, 1.54) is 32.4 Å². The van der Waals surface area contributed by atoms with Crippen LogP contribution in [0.25, 0.3) is 0 Å². The van der Waals surface area contributed by atoms with Gasteiger partial charge in [0.15, 0.2) is 0 Å². The van der Waals surface area contributed by atoms with Crippen LogP contribution in [0.2, 0.25) is 0 Å². The van der Waals surface area contributed by atoms with Gasteiger partial charge in [0.2, 0.25) is 0 Å². The first-order valence-corrected chi connectivity index (χ1v) is 5.61. The van der Waals surface area contributed by atoms with E-state index < -0.39 is 0 Å². The van der Waals surface area contributed by atoms with Gasteiger partial charge < -0.3 is 4.74 Å². The monoisotopic (exact) mass is 183 g/mol. The normalized spacial score (nSPS) is 27.2. The molecule has 2 rings (SSSR count). The lowest BCUT2D eigenvalue weighted by atomic mass is 10.1. The quantitative estimate of drug-likeness (QED) is 0.584. The molecule has 1 heterocycles. The van der Waals surface area contributed by atoms with Gasteiger partial charge in [-0.25, -0.2) is 0 Å². The van der Waals surface area contributed by atoms with Gasteiger partial charge in [0.05, 0.1) is 12.7 Å². The first kappa shape index (κ1) is 9.47. The topological polar surface area (TPSA) is 15.8 Å². The molecule has 0 amide bonds. The number of hydrogen-bond acceptors (Lipinski definition) is 2. The molecule has 0 aromatic carbocycles. The minimum Gasteiger partial charge on any atom is -0.372 e. The van der Waals surface area contributed by atoms with Crippen LogP contribution in [-0.2, 0) is 4.74 Å². The van der Waals surface area contributed by atoms with E-state index in [-0.39, 0.29) is 0 Å². The third-order valence-corrected chi connectivity index (χ3v) is 2.90. The molecule has 0 N–H and O–H groups in total. The van der Waals surface area contributed by atoms with E-state index in [1.807, 2.05) is 0 Å². The predicted octanol–water partition coefficient (Wildman–Crippen LogP) is 1.90. The smallest absolute Gasteiger partial charge is 0.0936 e. The molecule has 0 aromatic heterocycles. The van der Waals surface area contributed by atoms with Crippen LogP contribution in [0.15, 0.2) is 0 Å². The lowest BCUT2D eigenvalue weighted by Crippen LogP contribution is -2.31. The fourth-order valence-corrected chi connectivity index (χ4v) is 1.72. The van der Waals surface area contributed by atoms with E-state index in [0.29, 0.717) is 6.10 Å². The Balaban J connectivity index is 1.68. The van der Waals surface area contributed by atoms with Crippen molar-refractivity contribution in [1.82, 2.24) is 4.90 Å². The summed E-state index contributed by atoms with van der Waals surface area (Å²) in [5, 5.41) is 0. The maximum absolute atomic E-state index is 5.28. The summed E-state index contributed by atoms with van der Waals surface area (Å²) in [7, 11) is 0. The largest absolute Gasteiger partial charge is 0.372 e. The molecule has 76 valence electrons. The summed E-state index contributed by atoms with van der Waals surface area (Å²) >= 11 is 0. The van der Waals surface area contributed by atoms with Crippen LogP contribution in [0, 0.1) is 5.92 Å². The molecular formula is C11H21NO. The van der Waals surface area contributed by atoms with Crippen molar-refractivity contribution in [1.29, 1.82) is 0 Å². The van der Waals surface area contributed by atoms with E-state index >= 15 is 0 Å². The molecule has 2 nitrogen and oxygen atoms in total. The summed E-state index contributed by atoms with van der Waals surface area (Å²) in [6.07, 6.45) is 4.76. The van der Waals surface area contributed by atoms with Gasteiger partial charge >= 0.3 is 0 Å². The highest BCUT2D eigenvalue weighted by Crippen LogP contribution is 2.29. The zero-order valence-corrected chi connectivity index (χ0v) is 8.83. The summed E-state index contributed by atoms with van der Waals surface area (Å²) < 4.78 is 5.28. The van der Waals surface area contributed by atoms with Crippen molar-refractivity contribution >= 4 is 0 Å². The maximum atomic E-state index is 5.28. The second kappa shape index (κ2) is 3.97. The summed E-state index contributed by atoms with van der Waals surface area (Å²) in [6, 6.07) is 0.906. The van der Waals surface area contributed by atoms with Crippen LogP contribution in [-0.4, -0.2) is 36.7 Å². The Hall–Kier alpha value is -0.0800. The van der Waals surface area contributed by atoms with Crippen LogP contribution in [0.5, 0.6) is 0 Å². The first-order valence-electron chi connectivity index (χ1n) is 5.61. The zero-order valence-electron chi connectivity index (χ0n) is 8.83. The molecule has 1 saturated heterocycles. The summed E-state index contributed by atoms with van der Waals surface area (Å²) in [5.41, 5.74) is 0. The van der Waals surface area contributed by atoms with E-state index in [4.69, 9.17) is 4.74 Å². The lowest BCUT2D eigenvalue weighted by molar-refractivity contribution is 0.222. The van der Waals surface area contributed by atoms with E-state index in [2.05, 4.69) is 18.7 Å². The van der Waals surface area contributed by atoms with Crippen LogP contribution in [0.4, 0.5) is 0 Å². The van der Waals surface area contributed by atoms with E-state index in [0.717, 1.165) is 18.6 Å². The molecule has 1 aliphatic heterocycles. The minimum absolute atomic E-state index is 0.577. The van der Waals surface area contributed by atoms with Gasteiger partial charge in [-0.15, -0.1) is 0 Å². The second-order valence-electron chi connectivity index (χ2n) is 4.86. The van der Waals surface area contributed by atoms with Gasteiger partial charge in [-0.1, -0.05) is 13.8 Å². The highest BCUT2D eigenvalue weighted by molar-refractivity contribution is 4.87. The second-order valence-corrected chi connectivity index (χ2v) is 4.86. The standard InChI is InChI=1S/C11H21NO/c1-9(2)5-6-12(10-3-4-10)7-11-8-13-11/h9-11H,3-8H2,1-2H3. The minimum atomic E-state index is 0.577. The van der Waals surface area contributed by atoms with Gasteiger partial charge in [0.1, 0.15) is 0 Å². The molecule has 1 atom stereocenters. The van der Waals surface area contributed by atoms with Gasteiger partial charge in [-0.2, -0.15) is 0 Å². The fourth-order valence-electron chi connectivity index (χ4n) is 1.72. The summed E-state index contributed by atoms with van der Waals surface area (Å²) in [6.45, 7) is 8.09. The van der Waals surface area contributed by atoms with Crippen molar-refractivity contribution in [3.05, 3.63) is 0 Å². The average Bonchev–Trinajstić information content (AvgIpc) is 2.88. The molecule has 0 spiro atoms. The van der Waals surface area contributed by atoms with Gasteiger partial charge in [0, 0.05) is 12.6 Å². The number of hydrogen-bond donors (Lipinski definition) is 0. The summed E-state index contributed by atoms with van der Waals surface area (Å²) in [5.74, 6) is 0.835. The Morgan fingerprint density at radius 3 is 2.54 bits per heavy atom. The maximum Gasteiger partial charge on any atom is 0.0936 e. The summed E-state index contributed by atoms with van der Waals surface area (Å²) in [4.78, 5) is 2.64. The van der Waals surface area contributed by atoms with Crippen molar-refractivity contribution in [2.24, 2.45) is 5.92 Å². The Morgan fingerprint density at radius 2 is 2.08 bits per heavy atom. The molecule has 13 heavy (non-hydrogen) atoms. The van der Waals surface area contributed by atoms with Gasteiger partial charge in [-0.3, -0.25) is 4.90 Å². The first-order chi connectivity index (χ1) is 6.25. The molecule has 2 aliphatic rings. The number of rotatable bonds is 6. The Kier molecular flexibility index (Phi) is 2.89. The predicted molar refractivity (Wildman–Crippen MR) is 53.8 cm³/mol. The molecule has 2 heteroatoms. The highest BCUT2D eigenvalue weighted by atomic mass is 16.6. The van der Waals surface area contributed by atoms with Crippen molar-refractivity contribution in [2.45, 2.75) is 45.3 Å². The van der Waals surface area contributed by atoms with Gasteiger partial charge in [0.25, 0.3) is 0 Å². The Morgan fingerprint density at radius 1 is 1.38 bits per heavy atom. The molecule has 1 saturated carbocycles. The highest BCUT2D eigenvalue weighted by Gasteiger charge is 2.33. The third-order valence-electron chi connectivity index (χ3n) is 2.90. The average molecular weight is 183 g/mol. The van der Waals surface area contributed by atoms with Crippen molar-refractivity contribution < 1.29 is 4.74 Å². The van der Waals surface area contributed by atoms with E-state index in [1.54, 1.807) is 0 Å². The number of epoxide rings is 1. The molecule has 0 bridgehead atoms. The lowest BCUT2D eigenvalue weighted by Gasteiger charge is -2.21. The molecule has 1 aliphatic carbocycles. The number of ether oxygens (including phenoxy) is 1. The third kappa shape index (κ3) is 3.28. The molecule has 2 fully saturated rings. The van der Waals surface area contributed by atoms with Gasteiger partial charge in [-0.05, 0) is 31.7 Å². The Labute approximate surface area is 81.3 Å². The van der Waals surface area contributed by atoms with Crippen molar-refractivity contribution in [2.75, 3.05) is 19.7 Å². The molecular weight excluding hydrogens is 162 g/mol. The zero-order chi connectivity index (χ0) is 9.26. The van der Waals surface area contributed by atoms with Crippen LogP contribution < -0.4 is 0 Å². The number of nitrogens with zero attached hydrogens (tertiary/aromatic N) is 1. The SMILES string of the molecule is CC(C)CCN(CC1CO1)C1CC1. The van der Waals surface area contributed by atoms with Crippen LogP contribution in [0.1, 0.15) is 33.1 Å². The molecule has 0 radical (unpaired) electrons. The van der Waals surface area contributed by atoms with Crippen LogP contribution in [0.3, 0.4) is 0 Å². The molecule has 0 aromatic rings. The van der Waals surface area contributed by atoms with Crippen molar-refractivity contribution in [3.8, 4) is 0 Å².